The fourth-order valence-corrected chi connectivity index (χ4v) is 3.26. The van der Waals surface area contributed by atoms with Gasteiger partial charge in [0.05, 0.1) is 9.75 Å². The third kappa shape index (κ3) is 2.03. The number of hydrogen-bond donors (Lipinski definition) is 1. The van der Waals surface area contributed by atoms with Crippen LogP contribution in [-0.2, 0) is 0 Å². The molecule has 0 aliphatic heterocycles. The molecule has 0 unspecified atom stereocenters. The lowest BCUT2D eigenvalue weighted by Gasteiger charge is -1.86. The average Bonchev–Trinajstić information content (AvgIpc) is 2.96. The smallest absolute Gasteiger partial charge is 0.191 e. The topological polar surface area (TPSA) is 41.6 Å². The molecule has 0 spiro atoms. The normalized spacial score (nSPS) is 10.9. The summed E-state index contributed by atoms with van der Waals surface area (Å²) in [6.45, 7) is 4.16. The molecule has 3 nitrogen and oxygen atoms in total. The Bertz CT molecular complexity index is 593. The molecule has 3 aromatic heterocycles. The molecule has 0 radical (unpaired) electrons. The number of H-pyrrole nitrogens is 1. The van der Waals surface area contributed by atoms with Gasteiger partial charge in [0.25, 0.3) is 0 Å². The van der Waals surface area contributed by atoms with Crippen molar-refractivity contribution in [3.05, 3.63) is 34.0 Å². The van der Waals surface area contributed by atoms with Crippen LogP contribution in [0, 0.1) is 13.8 Å². The maximum absolute atomic E-state index is 4.53. The summed E-state index contributed by atoms with van der Waals surface area (Å²) in [5.41, 5.74) is 2.51. The molecule has 0 aliphatic carbocycles. The maximum Gasteiger partial charge on any atom is 0.191 e. The van der Waals surface area contributed by atoms with Crippen LogP contribution in [-0.4, -0.2) is 15.2 Å². The fraction of sp³-hybridized carbons (Fsp3) is 0.167. The van der Waals surface area contributed by atoms with Gasteiger partial charge in [-0.2, -0.15) is 5.10 Å². The standard InChI is InChI=1S/C12H11N3S2/c1-7-3-9(16-5-7)11-13-12(15-14-11)10-4-8(2)6-17-10/h3-6H,1-2H3,(H,13,14,15). The largest absolute Gasteiger partial charge is 0.258 e. The van der Waals surface area contributed by atoms with Crippen molar-refractivity contribution < 1.29 is 0 Å². The highest BCUT2D eigenvalue weighted by Gasteiger charge is 2.10. The van der Waals surface area contributed by atoms with Gasteiger partial charge in [0.15, 0.2) is 11.6 Å². The summed E-state index contributed by atoms with van der Waals surface area (Å²) in [7, 11) is 0. The molecular weight excluding hydrogens is 250 g/mol. The molecule has 0 saturated carbocycles. The number of aryl methyl sites for hydroxylation is 2. The van der Waals surface area contributed by atoms with Crippen molar-refractivity contribution >= 4 is 22.7 Å². The van der Waals surface area contributed by atoms with Crippen LogP contribution in [0.2, 0.25) is 0 Å². The van der Waals surface area contributed by atoms with E-state index in [2.05, 4.69) is 51.9 Å². The first-order chi connectivity index (χ1) is 8.22. The second-order valence-electron chi connectivity index (χ2n) is 3.98. The zero-order valence-electron chi connectivity index (χ0n) is 9.52. The van der Waals surface area contributed by atoms with Crippen LogP contribution >= 0.6 is 22.7 Å². The number of aromatic nitrogens is 3. The van der Waals surface area contributed by atoms with E-state index in [1.165, 1.54) is 11.1 Å². The van der Waals surface area contributed by atoms with Crippen LogP contribution in [0.4, 0.5) is 0 Å². The second-order valence-corrected chi connectivity index (χ2v) is 5.81. The predicted octanol–water partition coefficient (Wildman–Crippen LogP) is 3.88. The van der Waals surface area contributed by atoms with Crippen molar-refractivity contribution in [1.82, 2.24) is 15.2 Å². The molecule has 0 saturated heterocycles. The summed E-state index contributed by atoms with van der Waals surface area (Å²) in [6.07, 6.45) is 0. The summed E-state index contributed by atoms with van der Waals surface area (Å²) >= 11 is 3.36. The highest BCUT2D eigenvalue weighted by Crippen LogP contribution is 2.28. The van der Waals surface area contributed by atoms with Crippen LogP contribution in [0.5, 0.6) is 0 Å². The molecule has 0 aliphatic rings. The van der Waals surface area contributed by atoms with Crippen LogP contribution in [0.1, 0.15) is 11.1 Å². The highest BCUT2D eigenvalue weighted by molar-refractivity contribution is 7.14. The molecule has 0 amide bonds. The Morgan fingerprint density at radius 3 is 2.24 bits per heavy atom. The predicted molar refractivity (Wildman–Crippen MR) is 72.5 cm³/mol. The third-order valence-corrected chi connectivity index (χ3v) is 4.50. The Kier molecular flexibility index (Phi) is 2.57. The van der Waals surface area contributed by atoms with E-state index in [0.717, 1.165) is 21.4 Å². The van der Waals surface area contributed by atoms with E-state index in [9.17, 15) is 0 Å². The van der Waals surface area contributed by atoms with Crippen molar-refractivity contribution in [1.29, 1.82) is 0 Å². The number of thiophene rings is 2. The van der Waals surface area contributed by atoms with Crippen LogP contribution in [0.25, 0.3) is 21.4 Å². The molecule has 0 aromatic carbocycles. The fourth-order valence-electron chi connectivity index (χ4n) is 1.59. The van der Waals surface area contributed by atoms with Crippen molar-refractivity contribution in [2.45, 2.75) is 13.8 Å². The molecule has 0 bridgehead atoms. The number of nitrogens with zero attached hydrogens (tertiary/aromatic N) is 2. The molecule has 86 valence electrons. The average molecular weight is 261 g/mol. The van der Waals surface area contributed by atoms with Gasteiger partial charge in [-0.05, 0) is 47.9 Å². The molecule has 1 N–H and O–H groups in total. The van der Waals surface area contributed by atoms with Gasteiger partial charge in [-0.15, -0.1) is 22.7 Å². The highest BCUT2D eigenvalue weighted by atomic mass is 32.1. The lowest BCUT2D eigenvalue weighted by Crippen LogP contribution is -1.75. The van der Waals surface area contributed by atoms with E-state index >= 15 is 0 Å². The molecule has 17 heavy (non-hydrogen) atoms. The monoisotopic (exact) mass is 261 g/mol. The van der Waals surface area contributed by atoms with E-state index < -0.39 is 0 Å². The van der Waals surface area contributed by atoms with Crippen molar-refractivity contribution in [2.24, 2.45) is 0 Å². The SMILES string of the molecule is Cc1csc(-c2n[nH]c(-c3cc(C)cs3)n2)c1. The molecule has 3 rings (SSSR count). The first-order valence-electron chi connectivity index (χ1n) is 5.26. The lowest BCUT2D eigenvalue weighted by atomic mass is 10.3. The number of nitrogens with one attached hydrogen (secondary N) is 1. The Labute approximate surface area is 107 Å². The summed E-state index contributed by atoms with van der Waals surface area (Å²) in [6, 6.07) is 4.23. The molecule has 3 heterocycles. The van der Waals surface area contributed by atoms with E-state index in [1.807, 2.05) is 0 Å². The number of hydrogen-bond acceptors (Lipinski definition) is 4. The zero-order chi connectivity index (χ0) is 11.8. The Morgan fingerprint density at radius 2 is 1.65 bits per heavy atom. The second kappa shape index (κ2) is 4.09. The van der Waals surface area contributed by atoms with Gasteiger partial charge in [-0.3, -0.25) is 5.10 Å². The Morgan fingerprint density at radius 1 is 1.00 bits per heavy atom. The van der Waals surface area contributed by atoms with E-state index in [4.69, 9.17) is 0 Å². The maximum atomic E-state index is 4.53. The minimum Gasteiger partial charge on any atom is -0.258 e. The van der Waals surface area contributed by atoms with Crippen LogP contribution in [0.15, 0.2) is 22.9 Å². The summed E-state index contributed by atoms with van der Waals surface area (Å²) in [4.78, 5) is 6.77. The minimum atomic E-state index is 0.782. The lowest BCUT2D eigenvalue weighted by molar-refractivity contribution is 1.10. The molecule has 0 atom stereocenters. The third-order valence-electron chi connectivity index (χ3n) is 2.40. The quantitative estimate of drug-likeness (QED) is 0.760. The van der Waals surface area contributed by atoms with Gasteiger partial charge >= 0.3 is 0 Å². The summed E-state index contributed by atoms with van der Waals surface area (Å²) < 4.78 is 0. The first-order valence-corrected chi connectivity index (χ1v) is 7.02. The Balaban J connectivity index is 1.98. The molecule has 5 heteroatoms. The molecule has 0 fully saturated rings. The van der Waals surface area contributed by atoms with Gasteiger partial charge < -0.3 is 0 Å². The van der Waals surface area contributed by atoms with Gasteiger partial charge in [0, 0.05) is 0 Å². The summed E-state index contributed by atoms with van der Waals surface area (Å²) in [5, 5.41) is 11.5. The zero-order valence-corrected chi connectivity index (χ0v) is 11.2. The first kappa shape index (κ1) is 10.7. The van der Waals surface area contributed by atoms with Crippen molar-refractivity contribution in [2.75, 3.05) is 0 Å². The van der Waals surface area contributed by atoms with Gasteiger partial charge in [-0.1, -0.05) is 0 Å². The van der Waals surface area contributed by atoms with Gasteiger partial charge in [0.2, 0.25) is 0 Å². The van der Waals surface area contributed by atoms with Gasteiger partial charge in [-0.25, -0.2) is 4.98 Å². The van der Waals surface area contributed by atoms with Crippen molar-refractivity contribution in [3.63, 3.8) is 0 Å². The van der Waals surface area contributed by atoms with E-state index in [-0.39, 0.29) is 0 Å². The molecular formula is C12H11N3S2. The van der Waals surface area contributed by atoms with Crippen LogP contribution in [0.3, 0.4) is 0 Å². The van der Waals surface area contributed by atoms with Crippen LogP contribution < -0.4 is 0 Å². The Hall–Kier alpha value is -1.46. The van der Waals surface area contributed by atoms with E-state index in [1.54, 1.807) is 22.7 Å². The van der Waals surface area contributed by atoms with E-state index in [0.29, 0.717) is 0 Å². The van der Waals surface area contributed by atoms with Gasteiger partial charge in [0.1, 0.15) is 0 Å². The minimum absolute atomic E-state index is 0.782. The molecule has 3 aromatic rings. The number of rotatable bonds is 2. The van der Waals surface area contributed by atoms with Crippen molar-refractivity contribution in [3.8, 4) is 21.4 Å². The number of aromatic amines is 1. The summed E-state index contributed by atoms with van der Waals surface area (Å²) in [5.74, 6) is 1.63.